The minimum Gasteiger partial charge on any atom is -0.309 e. The number of hydrogen-bond acceptors (Lipinski definition) is 4. The van der Waals surface area contributed by atoms with E-state index in [1.807, 2.05) is 6.92 Å². The molecule has 1 fully saturated rings. The molecule has 1 aliphatic rings. The summed E-state index contributed by atoms with van der Waals surface area (Å²) in [4.78, 5) is 28.8. The summed E-state index contributed by atoms with van der Waals surface area (Å²) in [5.74, 6) is 0.0147. The Hall–Kier alpha value is -1.07. The summed E-state index contributed by atoms with van der Waals surface area (Å²) in [5.41, 5.74) is 1.50. The van der Waals surface area contributed by atoms with Crippen molar-refractivity contribution in [2.45, 2.75) is 25.5 Å². The van der Waals surface area contributed by atoms with Gasteiger partial charge in [-0.2, -0.15) is 0 Å². The molecule has 1 aromatic heterocycles. The molecule has 4 nitrogen and oxygen atoms in total. The van der Waals surface area contributed by atoms with Gasteiger partial charge in [0.2, 0.25) is 5.91 Å². The van der Waals surface area contributed by atoms with Gasteiger partial charge in [0.15, 0.2) is 5.12 Å². The van der Waals surface area contributed by atoms with E-state index in [1.165, 1.54) is 18.7 Å². The fourth-order valence-corrected chi connectivity index (χ4v) is 3.06. The monoisotopic (exact) mass is 284 g/mol. The van der Waals surface area contributed by atoms with E-state index >= 15 is 0 Å². The van der Waals surface area contributed by atoms with Crippen molar-refractivity contribution in [3.05, 3.63) is 23.0 Å². The van der Waals surface area contributed by atoms with Gasteiger partial charge >= 0.3 is 0 Å². The third-order valence-corrected chi connectivity index (χ3v) is 3.93. The number of rotatable bonds is 2. The van der Waals surface area contributed by atoms with E-state index < -0.39 is 0 Å². The largest absolute Gasteiger partial charge is 0.309 e. The van der Waals surface area contributed by atoms with Crippen LogP contribution in [0.25, 0.3) is 0 Å². The number of pyridine rings is 1. The summed E-state index contributed by atoms with van der Waals surface area (Å²) in [7, 11) is 0. The highest BCUT2D eigenvalue weighted by Gasteiger charge is 2.32. The molecular formula is C12H13ClN2O2S. The second-order valence-electron chi connectivity index (χ2n) is 4.20. The molecule has 0 saturated carbocycles. The molecule has 1 unspecified atom stereocenters. The number of halogens is 1. The number of thioether (sulfide) groups is 1. The lowest BCUT2D eigenvalue weighted by Crippen LogP contribution is -2.26. The van der Waals surface area contributed by atoms with Crippen molar-refractivity contribution < 1.29 is 9.59 Å². The summed E-state index contributed by atoms with van der Waals surface area (Å²) >= 11 is 7.12. The number of nitrogens with zero attached hydrogens (tertiary/aromatic N) is 2. The molecule has 18 heavy (non-hydrogen) atoms. The van der Waals surface area contributed by atoms with E-state index in [1.54, 1.807) is 17.2 Å². The minimum absolute atomic E-state index is 0.0147. The molecule has 1 amide bonds. The van der Waals surface area contributed by atoms with Crippen LogP contribution in [0.4, 0.5) is 5.69 Å². The van der Waals surface area contributed by atoms with Crippen LogP contribution in [0.2, 0.25) is 5.02 Å². The van der Waals surface area contributed by atoms with E-state index in [2.05, 4.69) is 4.98 Å². The maximum Gasteiger partial charge on any atom is 0.228 e. The van der Waals surface area contributed by atoms with Crippen LogP contribution < -0.4 is 4.90 Å². The first-order valence-corrected chi connectivity index (χ1v) is 6.83. The highest BCUT2D eigenvalue weighted by molar-refractivity contribution is 8.14. The van der Waals surface area contributed by atoms with Crippen LogP contribution in [-0.4, -0.2) is 27.8 Å². The minimum atomic E-state index is 0.0147. The molecule has 0 spiro atoms. The summed E-state index contributed by atoms with van der Waals surface area (Å²) in [6.45, 7) is 3.89. The van der Waals surface area contributed by atoms with Gasteiger partial charge in [0.05, 0.1) is 16.4 Å². The fourth-order valence-electron chi connectivity index (χ4n) is 1.99. The van der Waals surface area contributed by atoms with Gasteiger partial charge < -0.3 is 4.90 Å². The van der Waals surface area contributed by atoms with Gasteiger partial charge in [0.25, 0.3) is 0 Å². The number of hydrogen-bond donors (Lipinski definition) is 0. The van der Waals surface area contributed by atoms with Gasteiger partial charge in [-0.25, -0.2) is 0 Å². The fraction of sp³-hybridized carbons (Fsp3) is 0.417. The van der Waals surface area contributed by atoms with Crippen molar-refractivity contribution in [1.29, 1.82) is 0 Å². The maximum absolute atomic E-state index is 12.0. The molecule has 1 aromatic rings. The van der Waals surface area contributed by atoms with Gasteiger partial charge in [-0.15, -0.1) is 0 Å². The van der Waals surface area contributed by atoms with Gasteiger partial charge in [0.1, 0.15) is 0 Å². The van der Waals surface area contributed by atoms with Crippen LogP contribution in [0.15, 0.2) is 12.3 Å². The van der Waals surface area contributed by atoms with Crippen LogP contribution in [0.5, 0.6) is 0 Å². The van der Waals surface area contributed by atoms with Crippen molar-refractivity contribution in [2.24, 2.45) is 0 Å². The summed E-state index contributed by atoms with van der Waals surface area (Å²) < 4.78 is 0. The Morgan fingerprint density at radius 2 is 2.33 bits per heavy atom. The molecule has 2 heterocycles. The molecule has 2 rings (SSSR count). The molecule has 1 aliphatic heterocycles. The number of amides is 1. The SMILES string of the molecule is CC(=O)SC1CC(=O)N(c2cc(Cl)cnc2C)C1. The average Bonchev–Trinajstić information content (AvgIpc) is 2.62. The van der Waals surface area contributed by atoms with E-state index in [0.717, 1.165) is 11.4 Å². The molecular weight excluding hydrogens is 272 g/mol. The Balaban J connectivity index is 2.21. The Morgan fingerprint density at radius 3 is 3.00 bits per heavy atom. The van der Waals surface area contributed by atoms with Crippen molar-refractivity contribution in [3.63, 3.8) is 0 Å². The summed E-state index contributed by atoms with van der Waals surface area (Å²) in [6, 6.07) is 1.74. The molecule has 0 radical (unpaired) electrons. The molecule has 6 heteroatoms. The van der Waals surface area contributed by atoms with E-state index in [0.29, 0.717) is 18.0 Å². The Morgan fingerprint density at radius 1 is 1.61 bits per heavy atom. The van der Waals surface area contributed by atoms with Crippen LogP contribution in [0, 0.1) is 6.92 Å². The first-order valence-electron chi connectivity index (χ1n) is 5.57. The molecule has 1 atom stereocenters. The Labute approximate surface area is 115 Å². The second-order valence-corrected chi connectivity index (χ2v) is 6.11. The van der Waals surface area contributed by atoms with Gasteiger partial charge in [-0.05, 0) is 13.0 Å². The molecule has 96 valence electrons. The zero-order valence-corrected chi connectivity index (χ0v) is 11.7. The quantitative estimate of drug-likeness (QED) is 0.837. The Bertz CT molecular complexity index is 507. The van der Waals surface area contributed by atoms with Crippen molar-refractivity contribution in [1.82, 2.24) is 4.98 Å². The molecule has 0 aliphatic carbocycles. The highest BCUT2D eigenvalue weighted by atomic mass is 35.5. The molecule has 1 saturated heterocycles. The summed E-state index contributed by atoms with van der Waals surface area (Å²) in [6.07, 6.45) is 1.94. The lowest BCUT2D eigenvalue weighted by atomic mass is 10.3. The number of aryl methyl sites for hydroxylation is 1. The predicted octanol–water partition coefficient (Wildman–Crippen LogP) is 2.43. The second kappa shape index (κ2) is 5.28. The standard InChI is InChI=1S/C12H13ClN2O2S/c1-7-11(3-9(13)5-14-7)15-6-10(4-12(15)17)18-8(2)16/h3,5,10H,4,6H2,1-2H3. The van der Waals surface area contributed by atoms with Gasteiger partial charge in [-0.3, -0.25) is 14.6 Å². The summed E-state index contributed by atoms with van der Waals surface area (Å²) in [5, 5.41) is 0.565. The molecule has 0 bridgehead atoms. The van der Waals surface area contributed by atoms with Crippen molar-refractivity contribution in [2.75, 3.05) is 11.4 Å². The number of carbonyl (C=O) groups excluding carboxylic acids is 2. The van der Waals surface area contributed by atoms with Crippen LogP contribution >= 0.6 is 23.4 Å². The average molecular weight is 285 g/mol. The van der Waals surface area contributed by atoms with Crippen molar-refractivity contribution in [3.8, 4) is 0 Å². The van der Waals surface area contributed by atoms with Crippen molar-refractivity contribution >= 4 is 40.1 Å². The maximum atomic E-state index is 12.0. The van der Waals surface area contributed by atoms with E-state index in [4.69, 9.17) is 11.6 Å². The lowest BCUT2D eigenvalue weighted by molar-refractivity contribution is -0.117. The first kappa shape index (κ1) is 13.4. The first-order chi connectivity index (χ1) is 8.47. The van der Waals surface area contributed by atoms with Gasteiger partial charge in [-0.1, -0.05) is 23.4 Å². The number of anilines is 1. The van der Waals surface area contributed by atoms with E-state index in [-0.39, 0.29) is 16.3 Å². The number of aromatic nitrogens is 1. The highest BCUT2D eigenvalue weighted by Crippen LogP contribution is 2.31. The van der Waals surface area contributed by atoms with E-state index in [9.17, 15) is 9.59 Å². The van der Waals surface area contributed by atoms with Crippen LogP contribution in [0.3, 0.4) is 0 Å². The zero-order valence-electron chi connectivity index (χ0n) is 10.1. The Kier molecular flexibility index (Phi) is 3.92. The normalized spacial score (nSPS) is 19.4. The topological polar surface area (TPSA) is 50.3 Å². The van der Waals surface area contributed by atoms with Crippen LogP contribution in [0.1, 0.15) is 19.0 Å². The van der Waals surface area contributed by atoms with Crippen LogP contribution in [-0.2, 0) is 9.59 Å². The third kappa shape index (κ3) is 2.84. The predicted molar refractivity (Wildman–Crippen MR) is 73.0 cm³/mol. The molecule has 0 N–H and O–H groups in total. The lowest BCUT2D eigenvalue weighted by Gasteiger charge is -2.18. The molecule has 0 aromatic carbocycles. The zero-order chi connectivity index (χ0) is 13.3. The smallest absolute Gasteiger partial charge is 0.228 e. The third-order valence-electron chi connectivity index (χ3n) is 2.74. The number of carbonyl (C=O) groups is 2. The van der Waals surface area contributed by atoms with Gasteiger partial charge in [0, 0.05) is 31.3 Å².